The number of halogens is 1. The standard InChI is InChI=1S/C22H40N6S.HI/c1-5-23-21(24-12-9-20-26-18(2)19(3)29-20)25-17-22(10-15-27(4)16-11-22)28-13-7-6-8-14-28;/h5-17H2,1-4H3,(H2,23,24,25);1H. The van der Waals surface area contributed by atoms with Gasteiger partial charge in [-0.05, 0) is 79.7 Å². The predicted octanol–water partition coefficient (Wildman–Crippen LogP) is 3.43. The van der Waals surface area contributed by atoms with Crippen molar-refractivity contribution in [1.29, 1.82) is 0 Å². The summed E-state index contributed by atoms with van der Waals surface area (Å²) < 4.78 is 0. The number of piperidine rings is 2. The van der Waals surface area contributed by atoms with E-state index in [1.54, 1.807) is 0 Å². The van der Waals surface area contributed by atoms with Gasteiger partial charge in [-0.3, -0.25) is 9.89 Å². The summed E-state index contributed by atoms with van der Waals surface area (Å²) in [5, 5.41) is 8.20. The largest absolute Gasteiger partial charge is 0.357 e. The van der Waals surface area contributed by atoms with Crippen molar-refractivity contribution in [2.75, 3.05) is 52.9 Å². The summed E-state index contributed by atoms with van der Waals surface area (Å²) in [6, 6.07) is 0. The first-order valence-corrected chi connectivity index (χ1v) is 12.2. The Morgan fingerprint density at radius 3 is 2.40 bits per heavy atom. The molecule has 0 unspecified atom stereocenters. The van der Waals surface area contributed by atoms with Crippen LogP contribution in [0.25, 0.3) is 0 Å². The number of aromatic nitrogens is 1. The molecule has 30 heavy (non-hydrogen) atoms. The van der Waals surface area contributed by atoms with Crippen molar-refractivity contribution in [2.24, 2.45) is 4.99 Å². The molecule has 0 bridgehead atoms. The van der Waals surface area contributed by atoms with Crippen molar-refractivity contribution in [3.63, 3.8) is 0 Å². The smallest absolute Gasteiger partial charge is 0.191 e. The molecule has 0 spiro atoms. The summed E-state index contributed by atoms with van der Waals surface area (Å²) in [6.45, 7) is 13.9. The number of likely N-dealkylation sites (tertiary alicyclic amines) is 2. The summed E-state index contributed by atoms with van der Waals surface area (Å²) in [7, 11) is 2.25. The van der Waals surface area contributed by atoms with E-state index in [2.05, 4.69) is 53.2 Å². The molecule has 0 radical (unpaired) electrons. The molecule has 0 aromatic carbocycles. The number of aliphatic imine (C=N–C) groups is 1. The highest BCUT2D eigenvalue weighted by Crippen LogP contribution is 2.31. The molecule has 2 fully saturated rings. The second kappa shape index (κ2) is 12.6. The molecular weight excluding hydrogens is 507 g/mol. The Morgan fingerprint density at radius 2 is 1.80 bits per heavy atom. The molecule has 1 aromatic rings. The Kier molecular flexibility index (Phi) is 10.8. The van der Waals surface area contributed by atoms with Gasteiger partial charge >= 0.3 is 0 Å². The Balaban J connectivity index is 0.00000320. The van der Waals surface area contributed by atoms with Crippen molar-refractivity contribution in [2.45, 2.75) is 64.8 Å². The monoisotopic (exact) mass is 548 g/mol. The van der Waals surface area contributed by atoms with Crippen LogP contribution in [0.5, 0.6) is 0 Å². The van der Waals surface area contributed by atoms with E-state index in [1.165, 1.54) is 68.2 Å². The van der Waals surface area contributed by atoms with E-state index in [9.17, 15) is 0 Å². The van der Waals surface area contributed by atoms with E-state index in [-0.39, 0.29) is 29.5 Å². The number of thiazole rings is 1. The van der Waals surface area contributed by atoms with Crippen LogP contribution < -0.4 is 10.6 Å². The van der Waals surface area contributed by atoms with Crippen LogP contribution in [0.2, 0.25) is 0 Å². The van der Waals surface area contributed by atoms with Crippen molar-refractivity contribution in [3.8, 4) is 0 Å². The van der Waals surface area contributed by atoms with Gasteiger partial charge in [0.15, 0.2) is 5.96 Å². The van der Waals surface area contributed by atoms with Gasteiger partial charge in [0.1, 0.15) is 0 Å². The third-order valence-electron chi connectivity index (χ3n) is 6.52. The van der Waals surface area contributed by atoms with E-state index in [0.29, 0.717) is 0 Å². The molecule has 2 saturated heterocycles. The van der Waals surface area contributed by atoms with Crippen molar-refractivity contribution < 1.29 is 0 Å². The lowest BCUT2D eigenvalue weighted by Gasteiger charge is -2.49. The molecule has 8 heteroatoms. The highest BCUT2D eigenvalue weighted by Gasteiger charge is 2.39. The molecule has 1 aromatic heterocycles. The van der Waals surface area contributed by atoms with Gasteiger partial charge in [0.2, 0.25) is 0 Å². The molecule has 2 N–H and O–H groups in total. The number of hydrogen-bond acceptors (Lipinski definition) is 5. The fourth-order valence-electron chi connectivity index (χ4n) is 4.48. The molecule has 2 aliphatic heterocycles. The van der Waals surface area contributed by atoms with Gasteiger partial charge in [0.05, 0.1) is 17.2 Å². The molecule has 0 aliphatic carbocycles. The fraction of sp³-hybridized carbons (Fsp3) is 0.818. The summed E-state index contributed by atoms with van der Waals surface area (Å²) in [5.74, 6) is 0.952. The molecule has 3 rings (SSSR count). The number of rotatable bonds is 7. The molecule has 6 nitrogen and oxygen atoms in total. The van der Waals surface area contributed by atoms with Gasteiger partial charge in [-0.15, -0.1) is 35.3 Å². The van der Waals surface area contributed by atoms with E-state index in [0.717, 1.165) is 37.7 Å². The lowest BCUT2D eigenvalue weighted by atomic mass is 9.84. The zero-order valence-electron chi connectivity index (χ0n) is 19.3. The number of aryl methyl sites for hydroxylation is 2. The number of nitrogens with zero attached hydrogens (tertiary/aromatic N) is 4. The summed E-state index contributed by atoms with van der Waals surface area (Å²) in [6.07, 6.45) is 7.47. The van der Waals surface area contributed by atoms with E-state index < -0.39 is 0 Å². The van der Waals surface area contributed by atoms with Crippen LogP contribution >= 0.6 is 35.3 Å². The van der Waals surface area contributed by atoms with Gasteiger partial charge in [0, 0.05) is 29.9 Å². The topological polar surface area (TPSA) is 55.8 Å². The summed E-state index contributed by atoms with van der Waals surface area (Å²) in [4.78, 5) is 16.3. The number of hydrogen-bond donors (Lipinski definition) is 2. The predicted molar refractivity (Wildman–Crippen MR) is 140 cm³/mol. The van der Waals surface area contributed by atoms with E-state index >= 15 is 0 Å². The molecule has 172 valence electrons. The average molecular weight is 549 g/mol. The van der Waals surface area contributed by atoms with Crippen molar-refractivity contribution in [3.05, 3.63) is 15.6 Å². The summed E-state index contributed by atoms with van der Waals surface area (Å²) >= 11 is 1.81. The van der Waals surface area contributed by atoms with E-state index in [4.69, 9.17) is 4.99 Å². The first-order chi connectivity index (χ1) is 14.0. The first kappa shape index (κ1) is 25.8. The highest BCUT2D eigenvalue weighted by molar-refractivity contribution is 14.0. The summed E-state index contributed by atoms with van der Waals surface area (Å²) in [5.41, 5.74) is 1.40. The molecular formula is C22H41IN6S. The quantitative estimate of drug-likeness (QED) is 0.311. The van der Waals surface area contributed by atoms with Crippen LogP contribution in [0, 0.1) is 13.8 Å². The number of nitrogens with one attached hydrogen (secondary N) is 2. The molecule has 0 saturated carbocycles. The van der Waals surface area contributed by atoms with Crippen LogP contribution in [-0.2, 0) is 6.42 Å². The maximum absolute atomic E-state index is 5.08. The SMILES string of the molecule is CCNC(=NCC1(N2CCCCC2)CCN(C)CC1)NCCc1nc(C)c(C)s1.I. The fourth-order valence-corrected chi connectivity index (χ4v) is 5.41. The second-order valence-corrected chi connectivity index (χ2v) is 9.98. The Morgan fingerprint density at radius 1 is 1.10 bits per heavy atom. The van der Waals surface area contributed by atoms with Gasteiger partial charge in [-0.2, -0.15) is 0 Å². The van der Waals surface area contributed by atoms with Crippen LogP contribution in [0.4, 0.5) is 0 Å². The van der Waals surface area contributed by atoms with Crippen LogP contribution in [0.3, 0.4) is 0 Å². The van der Waals surface area contributed by atoms with Gasteiger partial charge in [-0.1, -0.05) is 6.42 Å². The normalized spacial score (nSPS) is 20.6. The van der Waals surface area contributed by atoms with Gasteiger partial charge < -0.3 is 15.5 Å². The van der Waals surface area contributed by atoms with Crippen LogP contribution in [0.15, 0.2) is 4.99 Å². The Bertz CT molecular complexity index is 643. The maximum Gasteiger partial charge on any atom is 0.191 e. The lowest BCUT2D eigenvalue weighted by molar-refractivity contribution is 0.0208. The number of guanidine groups is 1. The van der Waals surface area contributed by atoms with Crippen LogP contribution in [-0.4, -0.2) is 79.1 Å². The Hall–Kier alpha value is -0.450. The third-order valence-corrected chi connectivity index (χ3v) is 7.66. The van der Waals surface area contributed by atoms with Crippen LogP contribution in [0.1, 0.15) is 54.6 Å². The first-order valence-electron chi connectivity index (χ1n) is 11.4. The molecule has 0 amide bonds. The molecule has 2 aliphatic rings. The second-order valence-electron chi connectivity index (χ2n) is 8.70. The zero-order valence-corrected chi connectivity index (χ0v) is 22.4. The van der Waals surface area contributed by atoms with Crippen molar-refractivity contribution >= 4 is 41.3 Å². The minimum absolute atomic E-state index is 0. The van der Waals surface area contributed by atoms with Crippen molar-refractivity contribution in [1.82, 2.24) is 25.4 Å². The maximum atomic E-state index is 5.08. The van der Waals surface area contributed by atoms with Gasteiger partial charge in [0.25, 0.3) is 0 Å². The third kappa shape index (κ3) is 7.03. The zero-order chi connectivity index (χ0) is 20.7. The highest BCUT2D eigenvalue weighted by atomic mass is 127. The minimum Gasteiger partial charge on any atom is -0.357 e. The Labute approximate surface area is 204 Å². The minimum atomic E-state index is 0. The molecule has 3 heterocycles. The van der Waals surface area contributed by atoms with E-state index in [1.807, 2.05) is 11.3 Å². The van der Waals surface area contributed by atoms with Gasteiger partial charge in [-0.25, -0.2) is 4.98 Å². The molecule has 0 atom stereocenters. The lowest BCUT2D eigenvalue weighted by Crippen LogP contribution is -2.58. The average Bonchev–Trinajstić information content (AvgIpc) is 3.05.